The van der Waals surface area contributed by atoms with Crippen molar-refractivity contribution < 1.29 is 9.90 Å². The number of aliphatic carboxylic acids is 1. The zero-order valence-electron chi connectivity index (χ0n) is 11.0. The molecule has 2 aromatic rings. The summed E-state index contributed by atoms with van der Waals surface area (Å²) in [5, 5.41) is 27.9. The first-order chi connectivity index (χ1) is 9.70. The van der Waals surface area contributed by atoms with Crippen molar-refractivity contribution in [2.45, 2.75) is 44.1 Å². The lowest BCUT2D eigenvalue weighted by Crippen LogP contribution is -2.46. The van der Waals surface area contributed by atoms with E-state index in [1.54, 1.807) is 12.1 Å². The molecule has 0 aromatic carbocycles. The normalized spacial score (nSPS) is 18.6. The highest BCUT2D eigenvalue weighted by Crippen LogP contribution is 2.30. The highest BCUT2D eigenvalue weighted by molar-refractivity contribution is 5.82. The first-order valence-electron chi connectivity index (χ1n) is 6.77. The molecule has 0 saturated heterocycles. The van der Waals surface area contributed by atoms with Crippen LogP contribution < -0.4 is 5.32 Å². The van der Waals surface area contributed by atoms with Crippen molar-refractivity contribution in [2.24, 2.45) is 0 Å². The van der Waals surface area contributed by atoms with Gasteiger partial charge in [0.15, 0.2) is 5.65 Å². The van der Waals surface area contributed by atoms with Crippen LogP contribution in [0.5, 0.6) is 0 Å². The zero-order valence-corrected chi connectivity index (χ0v) is 11.0. The molecule has 1 aliphatic rings. The van der Waals surface area contributed by atoms with Crippen LogP contribution in [-0.4, -0.2) is 41.9 Å². The predicted molar refractivity (Wildman–Crippen MR) is 70.3 cm³/mol. The molecule has 2 heterocycles. The van der Waals surface area contributed by atoms with Crippen LogP contribution in [0, 0.1) is 0 Å². The zero-order chi connectivity index (χ0) is 14.0. The van der Waals surface area contributed by atoms with Gasteiger partial charge in [0.25, 0.3) is 0 Å². The third-order valence-electron chi connectivity index (χ3n) is 3.80. The predicted octanol–water partition coefficient (Wildman–Crippen LogP) is 1.11. The number of nitrogens with one attached hydrogen (secondary N) is 1. The molecular weight excluding hydrogens is 260 g/mol. The van der Waals surface area contributed by atoms with E-state index >= 15 is 0 Å². The van der Waals surface area contributed by atoms with Crippen molar-refractivity contribution >= 4 is 17.4 Å². The second-order valence-electron chi connectivity index (χ2n) is 5.17. The van der Waals surface area contributed by atoms with E-state index in [0.29, 0.717) is 24.3 Å². The summed E-state index contributed by atoms with van der Waals surface area (Å²) in [5.74, 6) is -0.341. The summed E-state index contributed by atoms with van der Waals surface area (Å²) < 4.78 is 1.29. The molecule has 0 bridgehead atoms. The summed E-state index contributed by atoms with van der Waals surface area (Å²) in [6.45, 7) is 0. The number of tetrazole rings is 1. The Morgan fingerprint density at radius 3 is 2.70 bits per heavy atom. The van der Waals surface area contributed by atoms with E-state index in [9.17, 15) is 9.90 Å². The molecule has 0 spiro atoms. The van der Waals surface area contributed by atoms with Gasteiger partial charge >= 0.3 is 5.97 Å². The summed E-state index contributed by atoms with van der Waals surface area (Å²) in [7, 11) is 0. The van der Waals surface area contributed by atoms with Crippen LogP contribution in [0.2, 0.25) is 0 Å². The largest absolute Gasteiger partial charge is 0.480 e. The molecule has 0 atom stereocenters. The summed E-state index contributed by atoms with van der Waals surface area (Å²) in [6, 6.07) is 3.42. The SMILES string of the molecule is O=C(O)C1(Nc2ccc3nnnn3n2)CCCCCC1. The molecular formula is C12H16N6O2. The molecule has 8 nitrogen and oxygen atoms in total. The van der Waals surface area contributed by atoms with Crippen molar-refractivity contribution in [3.8, 4) is 0 Å². The molecule has 0 radical (unpaired) electrons. The van der Waals surface area contributed by atoms with Crippen molar-refractivity contribution in [3.63, 3.8) is 0 Å². The number of carboxylic acid groups (broad SMARTS) is 1. The Morgan fingerprint density at radius 1 is 1.25 bits per heavy atom. The lowest BCUT2D eigenvalue weighted by Gasteiger charge is -2.29. The first-order valence-corrected chi connectivity index (χ1v) is 6.77. The fraction of sp³-hybridized carbons (Fsp3) is 0.583. The number of carbonyl (C=O) groups is 1. The molecule has 1 saturated carbocycles. The second kappa shape index (κ2) is 5.03. The quantitative estimate of drug-likeness (QED) is 0.809. The van der Waals surface area contributed by atoms with Crippen LogP contribution >= 0.6 is 0 Å². The van der Waals surface area contributed by atoms with Crippen LogP contribution in [0.25, 0.3) is 5.65 Å². The fourth-order valence-corrected chi connectivity index (χ4v) is 2.69. The van der Waals surface area contributed by atoms with Gasteiger partial charge in [-0.2, -0.15) is 0 Å². The Labute approximate surface area is 115 Å². The average Bonchev–Trinajstić information content (AvgIpc) is 2.76. The molecule has 2 N–H and O–H groups in total. The lowest BCUT2D eigenvalue weighted by molar-refractivity contribution is -0.142. The van der Waals surface area contributed by atoms with Gasteiger partial charge in [-0.25, -0.2) is 4.79 Å². The van der Waals surface area contributed by atoms with E-state index in [2.05, 4.69) is 25.9 Å². The maximum atomic E-state index is 11.7. The third-order valence-corrected chi connectivity index (χ3v) is 3.80. The Bertz CT molecular complexity index is 617. The lowest BCUT2D eigenvalue weighted by atomic mass is 9.90. The summed E-state index contributed by atoms with van der Waals surface area (Å²) >= 11 is 0. The van der Waals surface area contributed by atoms with Crippen molar-refractivity contribution in [1.29, 1.82) is 0 Å². The van der Waals surface area contributed by atoms with Crippen LogP contribution in [0.4, 0.5) is 5.82 Å². The number of hydrogen-bond donors (Lipinski definition) is 2. The van der Waals surface area contributed by atoms with E-state index < -0.39 is 11.5 Å². The minimum Gasteiger partial charge on any atom is -0.480 e. The molecule has 0 aliphatic heterocycles. The standard InChI is InChI=1S/C12H16N6O2/c19-11(20)12(7-3-1-2-4-8-12)13-9-5-6-10-14-16-17-18(10)15-9/h5-6H,1-4,7-8H2,(H,13,15)(H,19,20). The molecule has 0 unspecified atom stereocenters. The highest BCUT2D eigenvalue weighted by Gasteiger charge is 2.39. The van der Waals surface area contributed by atoms with Gasteiger partial charge in [-0.3, -0.25) is 0 Å². The van der Waals surface area contributed by atoms with Crippen LogP contribution in [0.3, 0.4) is 0 Å². The van der Waals surface area contributed by atoms with Gasteiger partial charge in [0.05, 0.1) is 0 Å². The molecule has 8 heteroatoms. The molecule has 1 aliphatic carbocycles. The third kappa shape index (κ3) is 2.28. The number of hydrogen-bond acceptors (Lipinski definition) is 6. The van der Waals surface area contributed by atoms with Crippen molar-refractivity contribution in [1.82, 2.24) is 25.3 Å². The molecule has 1 fully saturated rings. The van der Waals surface area contributed by atoms with E-state index in [1.165, 1.54) is 4.63 Å². The molecule has 20 heavy (non-hydrogen) atoms. The summed E-state index contributed by atoms with van der Waals surface area (Å²) in [4.78, 5) is 11.7. The second-order valence-corrected chi connectivity index (χ2v) is 5.17. The van der Waals surface area contributed by atoms with Gasteiger partial charge < -0.3 is 10.4 Å². The van der Waals surface area contributed by atoms with E-state index in [-0.39, 0.29) is 0 Å². The van der Waals surface area contributed by atoms with Crippen LogP contribution in [0.1, 0.15) is 38.5 Å². The molecule has 106 valence electrons. The number of fused-ring (bicyclic) bond motifs is 1. The van der Waals surface area contributed by atoms with Gasteiger partial charge in [0.1, 0.15) is 11.4 Å². The maximum Gasteiger partial charge on any atom is 0.329 e. The minimum absolute atomic E-state index is 0.481. The van der Waals surface area contributed by atoms with E-state index in [4.69, 9.17) is 0 Å². The van der Waals surface area contributed by atoms with E-state index in [0.717, 1.165) is 25.7 Å². The first kappa shape index (κ1) is 12.8. The highest BCUT2D eigenvalue weighted by atomic mass is 16.4. The van der Waals surface area contributed by atoms with E-state index in [1.807, 2.05) is 0 Å². The van der Waals surface area contributed by atoms with Gasteiger partial charge in [0.2, 0.25) is 0 Å². The number of rotatable bonds is 3. The topological polar surface area (TPSA) is 105 Å². The Hall–Kier alpha value is -2.25. The Morgan fingerprint density at radius 2 is 2.00 bits per heavy atom. The summed E-state index contributed by atoms with van der Waals surface area (Å²) in [5.41, 5.74) is -0.411. The van der Waals surface area contributed by atoms with Gasteiger partial charge in [-0.15, -0.1) is 14.8 Å². The van der Waals surface area contributed by atoms with Gasteiger partial charge in [0, 0.05) is 0 Å². The van der Waals surface area contributed by atoms with Gasteiger partial charge in [-0.05, 0) is 35.4 Å². The van der Waals surface area contributed by atoms with Crippen LogP contribution in [-0.2, 0) is 4.79 Å². The average molecular weight is 276 g/mol. The van der Waals surface area contributed by atoms with Crippen molar-refractivity contribution in [3.05, 3.63) is 12.1 Å². The number of anilines is 1. The smallest absolute Gasteiger partial charge is 0.329 e. The molecule has 2 aromatic heterocycles. The van der Waals surface area contributed by atoms with Gasteiger partial charge in [-0.1, -0.05) is 25.7 Å². The summed E-state index contributed by atoms with van der Waals surface area (Å²) in [6.07, 6.45) is 5.19. The minimum atomic E-state index is -0.939. The number of carboxylic acids is 1. The monoisotopic (exact) mass is 276 g/mol. The molecule has 0 amide bonds. The number of nitrogens with zero attached hydrogens (tertiary/aromatic N) is 5. The van der Waals surface area contributed by atoms with Crippen molar-refractivity contribution in [2.75, 3.05) is 5.32 Å². The van der Waals surface area contributed by atoms with Crippen LogP contribution in [0.15, 0.2) is 12.1 Å². The number of aromatic nitrogens is 5. The molecule has 3 rings (SSSR count). The fourth-order valence-electron chi connectivity index (χ4n) is 2.69. The Balaban J connectivity index is 1.90. The Kier molecular flexibility index (Phi) is 3.21. The maximum absolute atomic E-state index is 11.7.